The third-order valence-electron chi connectivity index (χ3n) is 6.13. The minimum absolute atomic E-state index is 0.154. The molecule has 0 saturated heterocycles. The fraction of sp³-hybridized carbons (Fsp3) is 0.500. The Labute approximate surface area is 147 Å². The molecular weight excluding hydrogens is 319 g/mol. The summed E-state index contributed by atoms with van der Waals surface area (Å²) in [4.78, 5) is 14.9. The Balaban J connectivity index is 1.57. The Kier molecular flexibility index (Phi) is 3.89. The molecule has 4 nitrogen and oxygen atoms in total. The number of hydrogen-bond acceptors (Lipinski definition) is 3. The first-order valence-corrected chi connectivity index (χ1v) is 9.10. The Morgan fingerprint density at radius 3 is 2.88 bits per heavy atom. The number of aromatic nitrogens is 1. The van der Waals surface area contributed by atoms with Crippen LogP contribution in [-0.2, 0) is 17.8 Å². The lowest BCUT2D eigenvalue weighted by Crippen LogP contribution is -2.37. The molecule has 1 saturated carbocycles. The summed E-state index contributed by atoms with van der Waals surface area (Å²) in [5.74, 6) is 0.922. The number of halogens is 1. The van der Waals surface area contributed by atoms with Gasteiger partial charge < -0.3 is 9.42 Å². The Hall–Kier alpha value is -2.17. The van der Waals surface area contributed by atoms with Gasteiger partial charge in [-0.2, -0.15) is 0 Å². The molecule has 5 heteroatoms. The molecule has 1 unspecified atom stereocenters. The van der Waals surface area contributed by atoms with Gasteiger partial charge in [0.25, 0.3) is 0 Å². The van der Waals surface area contributed by atoms with Gasteiger partial charge in [0.2, 0.25) is 5.91 Å². The summed E-state index contributed by atoms with van der Waals surface area (Å²) >= 11 is 0. The third-order valence-corrected chi connectivity index (χ3v) is 6.13. The number of carbonyl (C=O) groups excluding carboxylic acids is 1. The molecule has 132 valence electrons. The van der Waals surface area contributed by atoms with E-state index < -0.39 is 0 Å². The summed E-state index contributed by atoms with van der Waals surface area (Å²) in [7, 11) is 0. The zero-order valence-electron chi connectivity index (χ0n) is 14.7. The normalized spacial score (nSPS) is 21.1. The molecular formula is C20H23FN2O2. The van der Waals surface area contributed by atoms with Crippen LogP contribution in [0.2, 0.25) is 0 Å². The van der Waals surface area contributed by atoms with E-state index in [1.165, 1.54) is 12.1 Å². The molecule has 1 amide bonds. The van der Waals surface area contributed by atoms with Crippen molar-refractivity contribution < 1.29 is 13.7 Å². The SMILES string of the molecule is CCC1(CC)CC1C(=O)N1CCc2onc(-c3cccc(F)c3)c2C1. The van der Waals surface area contributed by atoms with Gasteiger partial charge in [0.1, 0.15) is 17.3 Å². The molecule has 2 aliphatic rings. The number of rotatable bonds is 4. The number of amides is 1. The largest absolute Gasteiger partial charge is 0.360 e. The maximum atomic E-state index is 13.6. The second-order valence-electron chi connectivity index (χ2n) is 7.28. The molecule has 1 aliphatic carbocycles. The van der Waals surface area contributed by atoms with E-state index in [0.29, 0.717) is 30.8 Å². The predicted molar refractivity (Wildman–Crippen MR) is 92.1 cm³/mol. The van der Waals surface area contributed by atoms with E-state index >= 15 is 0 Å². The van der Waals surface area contributed by atoms with Crippen LogP contribution in [0.15, 0.2) is 28.8 Å². The average molecular weight is 342 g/mol. The molecule has 0 bridgehead atoms. The van der Waals surface area contributed by atoms with Crippen LogP contribution >= 0.6 is 0 Å². The van der Waals surface area contributed by atoms with E-state index in [0.717, 1.165) is 30.6 Å². The molecule has 2 aromatic rings. The van der Waals surface area contributed by atoms with Crippen molar-refractivity contribution in [2.45, 2.75) is 46.1 Å². The topological polar surface area (TPSA) is 46.3 Å². The van der Waals surface area contributed by atoms with Gasteiger partial charge in [0.15, 0.2) is 0 Å². The number of hydrogen-bond donors (Lipinski definition) is 0. The molecule has 1 atom stereocenters. The van der Waals surface area contributed by atoms with Crippen molar-refractivity contribution in [3.05, 3.63) is 41.4 Å². The summed E-state index contributed by atoms with van der Waals surface area (Å²) in [6, 6.07) is 6.35. The van der Waals surface area contributed by atoms with E-state index in [-0.39, 0.29) is 23.1 Å². The standard InChI is InChI=1S/C20H23FN2O2/c1-3-20(4-2)11-16(20)19(24)23-9-8-17-15(12-23)18(22-25-17)13-6-5-7-14(21)10-13/h5-7,10,16H,3-4,8-9,11-12H2,1-2H3. The maximum Gasteiger partial charge on any atom is 0.226 e. The second kappa shape index (κ2) is 5.97. The number of benzene rings is 1. The molecule has 1 fully saturated rings. The van der Waals surface area contributed by atoms with Crippen molar-refractivity contribution >= 4 is 5.91 Å². The summed E-state index contributed by atoms with van der Waals surface area (Å²) in [5.41, 5.74) is 2.48. The van der Waals surface area contributed by atoms with E-state index in [1.54, 1.807) is 6.07 Å². The average Bonchev–Trinajstić information content (AvgIpc) is 3.23. The highest BCUT2D eigenvalue weighted by molar-refractivity contribution is 5.83. The van der Waals surface area contributed by atoms with Crippen molar-refractivity contribution in [1.82, 2.24) is 10.1 Å². The second-order valence-corrected chi connectivity index (χ2v) is 7.28. The van der Waals surface area contributed by atoms with Gasteiger partial charge in [-0.3, -0.25) is 4.79 Å². The zero-order chi connectivity index (χ0) is 17.6. The van der Waals surface area contributed by atoms with Crippen LogP contribution in [0, 0.1) is 17.2 Å². The van der Waals surface area contributed by atoms with E-state index in [2.05, 4.69) is 19.0 Å². The van der Waals surface area contributed by atoms with Crippen molar-refractivity contribution in [3.63, 3.8) is 0 Å². The van der Waals surface area contributed by atoms with Gasteiger partial charge in [-0.15, -0.1) is 0 Å². The lowest BCUT2D eigenvalue weighted by molar-refractivity contribution is -0.134. The van der Waals surface area contributed by atoms with E-state index in [4.69, 9.17) is 4.52 Å². The summed E-state index contributed by atoms with van der Waals surface area (Å²) in [6.07, 6.45) is 3.78. The van der Waals surface area contributed by atoms with Crippen molar-refractivity contribution in [2.24, 2.45) is 11.3 Å². The van der Waals surface area contributed by atoms with Crippen LogP contribution in [0.5, 0.6) is 0 Å². The molecule has 4 rings (SSSR count). The highest BCUT2D eigenvalue weighted by Gasteiger charge is 2.56. The van der Waals surface area contributed by atoms with Crippen LogP contribution in [0.3, 0.4) is 0 Å². The lowest BCUT2D eigenvalue weighted by Gasteiger charge is -2.27. The van der Waals surface area contributed by atoms with Crippen molar-refractivity contribution in [1.29, 1.82) is 0 Å². The molecule has 1 aromatic heterocycles. The van der Waals surface area contributed by atoms with Gasteiger partial charge in [0.05, 0.1) is 6.54 Å². The van der Waals surface area contributed by atoms with Crippen LogP contribution in [-0.4, -0.2) is 22.5 Å². The minimum atomic E-state index is -0.299. The number of carbonyl (C=O) groups is 1. The van der Waals surface area contributed by atoms with Crippen molar-refractivity contribution in [2.75, 3.05) is 6.54 Å². The van der Waals surface area contributed by atoms with Gasteiger partial charge in [-0.05, 0) is 36.8 Å². The highest BCUT2D eigenvalue weighted by atomic mass is 19.1. The quantitative estimate of drug-likeness (QED) is 0.837. The summed E-state index contributed by atoms with van der Waals surface area (Å²) < 4.78 is 19.0. The molecule has 0 radical (unpaired) electrons. The highest BCUT2D eigenvalue weighted by Crippen LogP contribution is 2.58. The van der Waals surface area contributed by atoms with Crippen LogP contribution < -0.4 is 0 Å². The minimum Gasteiger partial charge on any atom is -0.360 e. The Morgan fingerprint density at radius 1 is 1.40 bits per heavy atom. The molecule has 25 heavy (non-hydrogen) atoms. The number of nitrogens with zero attached hydrogens (tertiary/aromatic N) is 2. The molecule has 1 aliphatic heterocycles. The fourth-order valence-corrected chi connectivity index (χ4v) is 4.21. The van der Waals surface area contributed by atoms with Crippen molar-refractivity contribution in [3.8, 4) is 11.3 Å². The molecule has 0 N–H and O–H groups in total. The van der Waals surface area contributed by atoms with Gasteiger partial charge in [0, 0.05) is 30.0 Å². The summed E-state index contributed by atoms with van der Waals surface area (Å²) in [5, 5.41) is 4.14. The fourth-order valence-electron chi connectivity index (χ4n) is 4.21. The van der Waals surface area contributed by atoms with Crippen LogP contribution in [0.25, 0.3) is 11.3 Å². The third kappa shape index (κ3) is 2.66. The molecule has 1 aromatic carbocycles. The van der Waals surface area contributed by atoms with E-state index in [9.17, 15) is 9.18 Å². The van der Waals surface area contributed by atoms with E-state index in [1.807, 2.05) is 11.0 Å². The van der Waals surface area contributed by atoms with Gasteiger partial charge >= 0.3 is 0 Å². The molecule has 0 spiro atoms. The lowest BCUT2D eigenvalue weighted by atomic mass is 9.95. The predicted octanol–water partition coefficient (Wildman–Crippen LogP) is 4.19. The summed E-state index contributed by atoms with van der Waals surface area (Å²) in [6.45, 7) is 5.52. The molecule has 2 heterocycles. The first kappa shape index (κ1) is 16.3. The monoisotopic (exact) mass is 342 g/mol. The van der Waals surface area contributed by atoms with Gasteiger partial charge in [-0.1, -0.05) is 31.1 Å². The first-order chi connectivity index (χ1) is 12.1. The van der Waals surface area contributed by atoms with Gasteiger partial charge in [-0.25, -0.2) is 4.39 Å². The van der Waals surface area contributed by atoms with Crippen LogP contribution in [0.1, 0.15) is 44.4 Å². The Morgan fingerprint density at radius 2 is 2.20 bits per heavy atom. The Bertz CT molecular complexity index is 810. The smallest absolute Gasteiger partial charge is 0.226 e. The maximum absolute atomic E-state index is 13.6. The number of fused-ring (bicyclic) bond motifs is 1. The zero-order valence-corrected chi connectivity index (χ0v) is 14.7. The van der Waals surface area contributed by atoms with Crippen LogP contribution in [0.4, 0.5) is 4.39 Å². The first-order valence-electron chi connectivity index (χ1n) is 9.10.